The molecule has 0 bridgehead atoms. The Labute approximate surface area is 373 Å². The van der Waals surface area contributed by atoms with Crippen molar-refractivity contribution >= 4 is 46.6 Å². The number of rotatable bonds is 12. The van der Waals surface area contributed by atoms with Crippen molar-refractivity contribution in [1.29, 1.82) is 0 Å². The van der Waals surface area contributed by atoms with Gasteiger partial charge in [0.25, 0.3) is 14.2 Å². The number of pyridine rings is 1. The van der Waals surface area contributed by atoms with Gasteiger partial charge in [-0.15, -0.1) is 0 Å². The number of furan rings is 1. The normalized spacial score (nSPS) is 15.7. The Kier molecular flexibility index (Phi) is 11.5. The maximum atomic E-state index is 14.7. The van der Waals surface area contributed by atoms with Gasteiger partial charge in [-0.3, -0.25) is 4.79 Å². The van der Waals surface area contributed by atoms with E-state index in [2.05, 4.69) is 97.1 Å². The second-order valence-electron chi connectivity index (χ2n) is 18.3. The number of aromatic nitrogens is 1. The number of nitrogens with zero attached hydrogens (tertiary/aromatic N) is 2. The van der Waals surface area contributed by atoms with Crippen molar-refractivity contribution in [2.24, 2.45) is 0 Å². The van der Waals surface area contributed by atoms with Gasteiger partial charge in [-0.25, -0.2) is 13.5 Å². The van der Waals surface area contributed by atoms with Crippen molar-refractivity contribution in [1.82, 2.24) is 14.6 Å². The molecule has 0 saturated heterocycles. The molecule has 2 aliphatic rings. The van der Waals surface area contributed by atoms with Crippen LogP contribution in [0.1, 0.15) is 81.2 Å². The van der Waals surface area contributed by atoms with E-state index in [0.717, 1.165) is 44.5 Å². The summed E-state index contributed by atoms with van der Waals surface area (Å²) in [6.07, 6.45) is 0.549. The molecule has 63 heavy (non-hydrogen) atoms. The summed E-state index contributed by atoms with van der Waals surface area (Å²) >= 11 is 0. The lowest BCUT2D eigenvalue weighted by atomic mass is 9.95. The van der Waals surface area contributed by atoms with Gasteiger partial charge in [-0.2, -0.15) is 0 Å². The number of hydrogen-bond donors (Lipinski definition) is 1. The van der Waals surface area contributed by atoms with Gasteiger partial charge in [0.15, 0.2) is 11.5 Å². The molecule has 2 aliphatic heterocycles. The van der Waals surface area contributed by atoms with Crippen LogP contribution in [0.2, 0.25) is 5.04 Å². The summed E-state index contributed by atoms with van der Waals surface area (Å²) in [6.45, 7) is 14.1. The Hall–Kier alpha value is -5.85. The fourth-order valence-corrected chi connectivity index (χ4v) is 15.0. The molecule has 0 saturated carbocycles. The van der Waals surface area contributed by atoms with Crippen LogP contribution in [0.5, 0.6) is 11.5 Å². The minimum Gasteiger partial charge on any atom is -0.456 e. The van der Waals surface area contributed by atoms with Gasteiger partial charge in [-0.1, -0.05) is 124 Å². The number of carbonyl (C=O) groups excluding carboxylic acids is 1. The molecular formula is C52H53N3O6SSi. The van der Waals surface area contributed by atoms with Gasteiger partial charge in [0.1, 0.15) is 28.0 Å². The van der Waals surface area contributed by atoms with Gasteiger partial charge in [0, 0.05) is 41.8 Å². The second-order valence-corrected chi connectivity index (χ2v) is 24.8. The number of carbonyl (C=O) groups is 1. The molecule has 2 aromatic heterocycles. The molecule has 9 nitrogen and oxygen atoms in total. The fraction of sp³-hybridized carbons (Fsp3) is 0.269. The SMILES string of the molecule is CC(C)(C)[S@@](=O)N1Cc2cc(C(=O)NCc3ccc4c(c3)OCO4)nc(-c3cccc(-c4cc5ccccc5o4)c3)c2[C@H]1CCO[Si](c1ccccc1)(c1ccccc1)C(C)(C)C. The molecule has 5 aromatic carbocycles. The van der Waals surface area contributed by atoms with Crippen molar-refractivity contribution < 1.29 is 27.3 Å². The molecule has 322 valence electrons. The van der Waals surface area contributed by atoms with Crippen LogP contribution in [-0.2, 0) is 28.5 Å². The minimum absolute atomic E-state index is 0.175. The molecule has 4 heterocycles. The number of para-hydroxylation sites is 1. The van der Waals surface area contributed by atoms with E-state index in [1.165, 1.54) is 10.4 Å². The number of amides is 1. The smallest absolute Gasteiger partial charge is 0.270 e. The van der Waals surface area contributed by atoms with Crippen LogP contribution in [0.15, 0.2) is 144 Å². The highest BCUT2D eigenvalue weighted by Crippen LogP contribution is 2.46. The van der Waals surface area contributed by atoms with Crippen LogP contribution in [0.25, 0.3) is 33.6 Å². The summed E-state index contributed by atoms with van der Waals surface area (Å²) in [6, 6.07) is 46.6. The molecule has 9 rings (SSSR count). The molecule has 1 N–H and O–H groups in total. The summed E-state index contributed by atoms with van der Waals surface area (Å²) in [5.41, 5.74) is 6.21. The molecule has 11 heteroatoms. The van der Waals surface area contributed by atoms with Crippen molar-refractivity contribution in [2.75, 3.05) is 13.4 Å². The monoisotopic (exact) mass is 875 g/mol. The van der Waals surface area contributed by atoms with Crippen molar-refractivity contribution in [3.05, 3.63) is 162 Å². The molecular weight excluding hydrogens is 823 g/mol. The summed E-state index contributed by atoms with van der Waals surface area (Å²) in [5, 5.41) is 6.29. The highest BCUT2D eigenvalue weighted by Gasteiger charge is 2.50. The van der Waals surface area contributed by atoms with Crippen molar-refractivity contribution in [2.45, 2.75) is 76.9 Å². The third-order valence-corrected chi connectivity index (χ3v) is 18.9. The third kappa shape index (κ3) is 8.26. The first-order valence-electron chi connectivity index (χ1n) is 21.5. The summed E-state index contributed by atoms with van der Waals surface area (Å²) in [4.78, 5) is 19.4. The zero-order valence-corrected chi connectivity index (χ0v) is 38.5. The number of ether oxygens (including phenoxy) is 2. The Morgan fingerprint density at radius 3 is 2.17 bits per heavy atom. The number of fused-ring (bicyclic) bond motifs is 3. The van der Waals surface area contributed by atoms with E-state index in [1.807, 2.05) is 93.6 Å². The van der Waals surface area contributed by atoms with E-state index >= 15 is 0 Å². The topological polar surface area (TPSA) is 103 Å². The Morgan fingerprint density at radius 1 is 0.794 bits per heavy atom. The highest BCUT2D eigenvalue weighted by atomic mass is 32.2. The van der Waals surface area contributed by atoms with E-state index in [4.69, 9.17) is 23.3 Å². The second kappa shape index (κ2) is 17.0. The molecule has 0 radical (unpaired) electrons. The first kappa shape index (κ1) is 42.4. The first-order chi connectivity index (χ1) is 30.3. The average molecular weight is 876 g/mol. The Bertz CT molecular complexity index is 2740. The summed E-state index contributed by atoms with van der Waals surface area (Å²) in [5.74, 6) is 1.76. The van der Waals surface area contributed by atoms with E-state index < -0.39 is 24.1 Å². The molecule has 7 aromatic rings. The standard InChI is InChI=1S/C52H53N3O6SSi/c1-51(2,3)62(57)55-33-39-30-42(50(56)53-32-35-24-25-45-47(28-35)59-34-58-45)54-49(38-18-15-17-36(29-38)46-31-37-16-13-14-23-44(37)61-46)48(39)43(55)26-27-60-63(52(4,5)6,40-19-9-7-10-20-40)41-21-11-8-12-22-41/h7-25,28-31,43H,26-27,32-34H2,1-6H3,(H,53,56)/t43-,62-/m1/s1. The first-order valence-corrected chi connectivity index (χ1v) is 24.6. The van der Waals surface area contributed by atoms with Gasteiger partial charge < -0.3 is 23.6 Å². The number of benzene rings is 5. The predicted molar refractivity (Wildman–Crippen MR) is 253 cm³/mol. The van der Waals surface area contributed by atoms with Crippen LogP contribution in [-0.4, -0.2) is 45.9 Å². The molecule has 0 aliphatic carbocycles. The lowest BCUT2D eigenvalue weighted by molar-refractivity contribution is 0.0945. The van der Waals surface area contributed by atoms with Gasteiger partial charge in [-0.05, 0) is 90.1 Å². The van der Waals surface area contributed by atoms with Crippen LogP contribution in [0.3, 0.4) is 0 Å². The minimum atomic E-state index is -2.89. The molecule has 2 atom stereocenters. The van der Waals surface area contributed by atoms with Gasteiger partial charge in [0.05, 0.1) is 16.5 Å². The van der Waals surface area contributed by atoms with E-state index in [0.29, 0.717) is 36.8 Å². The van der Waals surface area contributed by atoms with Gasteiger partial charge >= 0.3 is 0 Å². The molecule has 0 fully saturated rings. The molecule has 0 spiro atoms. The number of nitrogens with one attached hydrogen (secondary N) is 1. The third-order valence-electron chi connectivity index (χ3n) is 12.0. The lowest BCUT2D eigenvalue weighted by Crippen LogP contribution is -2.66. The Morgan fingerprint density at radius 2 is 1.48 bits per heavy atom. The largest absolute Gasteiger partial charge is 0.456 e. The zero-order chi connectivity index (χ0) is 43.9. The highest BCUT2D eigenvalue weighted by molar-refractivity contribution is 7.84. The van der Waals surface area contributed by atoms with Crippen LogP contribution >= 0.6 is 0 Å². The van der Waals surface area contributed by atoms with Crippen LogP contribution in [0, 0.1) is 0 Å². The molecule has 1 amide bonds. The predicted octanol–water partition coefficient (Wildman–Crippen LogP) is 10.1. The summed E-state index contributed by atoms with van der Waals surface area (Å²) < 4.78 is 41.1. The zero-order valence-electron chi connectivity index (χ0n) is 36.6. The van der Waals surface area contributed by atoms with E-state index in [1.54, 1.807) is 0 Å². The number of hydrogen-bond acceptors (Lipinski definition) is 7. The maximum Gasteiger partial charge on any atom is 0.270 e. The Balaban J connectivity index is 1.13. The molecule has 0 unspecified atom stereocenters. The van der Waals surface area contributed by atoms with Crippen LogP contribution in [0.4, 0.5) is 0 Å². The van der Waals surface area contributed by atoms with E-state index in [-0.39, 0.29) is 36.0 Å². The maximum absolute atomic E-state index is 14.7. The lowest BCUT2D eigenvalue weighted by Gasteiger charge is -2.43. The van der Waals surface area contributed by atoms with Crippen molar-refractivity contribution in [3.63, 3.8) is 0 Å². The summed E-state index contributed by atoms with van der Waals surface area (Å²) in [7, 11) is -4.30. The quantitative estimate of drug-likeness (QED) is 0.122. The van der Waals surface area contributed by atoms with E-state index in [9.17, 15) is 9.00 Å². The van der Waals surface area contributed by atoms with Gasteiger partial charge in [0.2, 0.25) is 6.79 Å². The average Bonchev–Trinajstić information content (AvgIpc) is 4.03. The van der Waals surface area contributed by atoms with Crippen molar-refractivity contribution in [3.8, 4) is 34.1 Å². The van der Waals surface area contributed by atoms with Crippen LogP contribution < -0.4 is 25.2 Å². The fourth-order valence-electron chi connectivity index (χ4n) is 9.04.